The number of halogens is 2. The van der Waals surface area contributed by atoms with E-state index in [0.717, 1.165) is 4.90 Å². The Balaban J connectivity index is 1.90. The summed E-state index contributed by atoms with van der Waals surface area (Å²) in [6.45, 7) is 2.12. The van der Waals surface area contributed by atoms with Crippen LogP contribution in [0.2, 0.25) is 10.0 Å². The predicted molar refractivity (Wildman–Crippen MR) is 82.1 cm³/mol. The summed E-state index contributed by atoms with van der Waals surface area (Å²) < 4.78 is 0. The zero-order chi connectivity index (χ0) is 14.0. The van der Waals surface area contributed by atoms with E-state index in [1.54, 1.807) is 18.2 Å². The van der Waals surface area contributed by atoms with Gasteiger partial charge in [0.1, 0.15) is 0 Å². The summed E-state index contributed by atoms with van der Waals surface area (Å²) >= 11 is 13.4. The van der Waals surface area contributed by atoms with Crippen molar-refractivity contribution >= 4 is 40.9 Å². The first-order chi connectivity index (χ1) is 8.99. The summed E-state index contributed by atoms with van der Waals surface area (Å²) in [5.74, 6) is 1.22. The summed E-state index contributed by atoms with van der Waals surface area (Å²) in [5.41, 5.74) is 0. The van der Waals surface area contributed by atoms with Crippen LogP contribution < -0.4 is 0 Å². The average Bonchev–Trinajstić information content (AvgIpc) is 3.22. The topological polar surface area (TPSA) is 20.3 Å². The van der Waals surface area contributed by atoms with Crippen LogP contribution in [-0.2, 0) is 4.79 Å². The molecule has 0 radical (unpaired) electrons. The zero-order valence-corrected chi connectivity index (χ0v) is 13.4. The van der Waals surface area contributed by atoms with Crippen LogP contribution in [0.4, 0.5) is 0 Å². The molecule has 1 aromatic carbocycles. The molecule has 0 spiro atoms. The molecule has 2 rings (SSSR count). The van der Waals surface area contributed by atoms with Crippen LogP contribution in [0.1, 0.15) is 19.8 Å². The molecule has 1 aromatic rings. The largest absolute Gasteiger partial charge is 0.342 e. The minimum atomic E-state index is 0.139. The van der Waals surface area contributed by atoms with Gasteiger partial charge in [-0.2, -0.15) is 0 Å². The minimum absolute atomic E-state index is 0.139. The Kier molecular flexibility index (Phi) is 5.04. The Labute approximate surface area is 128 Å². The maximum Gasteiger partial charge on any atom is 0.232 e. The highest BCUT2D eigenvalue weighted by Gasteiger charge is 2.32. The Bertz CT molecular complexity index is 477. The van der Waals surface area contributed by atoms with Crippen molar-refractivity contribution in [2.24, 2.45) is 5.92 Å². The molecule has 2 nitrogen and oxygen atoms in total. The second kappa shape index (κ2) is 6.38. The van der Waals surface area contributed by atoms with Gasteiger partial charge in [-0.15, -0.1) is 11.8 Å². The van der Waals surface area contributed by atoms with Crippen molar-refractivity contribution in [3.63, 3.8) is 0 Å². The minimum Gasteiger partial charge on any atom is -0.342 e. The molecule has 1 amide bonds. The molecule has 1 aliphatic rings. The van der Waals surface area contributed by atoms with Gasteiger partial charge in [0.2, 0.25) is 5.91 Å². The summed E-state index contributed by atoms with van der Waals surface area (Å²) in [4.78, 5) is 14.8. The standard InChI is InChI=1S/C14H17Cl2NOS/c1-9(10-3-4-10)17(2)14(18)8-19-13-7-11(15)5-6-12(13)16/h5-7,9-10H,3-4,8H2,1-2H3. The Morgan fingerprint density at radius 3 is 2.79 bits per heavy atom. The maximum absolute atomic E-state index is 12.1. The van der Waals surface area contributed by atoms with Crippen molar-refractivity contribution in [1.29, 1.82) is 0 Å². The van der Waals surface area contributed by atoms with Crippen LogP contribution in [0.3, 0.4) is 0 Å². The second-order valence-corrected chi connectivity index (χ2v) is 6.81. The lowest BCUT2D eigenvalue weighted by molar-refractivity contribution is -0.129. The molecule has 19 heavy (non-hydrogen) atoms. The van der Waals surface area contributed by atoms with Gasteiger partial charge in [-0.1, -0.05) is 23.2 Å². The van der Waals surface area contributed by atoms with Gasteiger partial charge < -0.3 is 4.90 Å². The lowest BCUT2D eigenvalue weighted by atomic mass is 10.2. The van der Waals surface area contributed by atoms with Crippen LogP contribution >= 0.6 is 35.0 Å². The molecule has 0 saturated heterocycles. The van der Waals surface area contributed by atoms with Gasteiger partial charge in [0.25, 0.3) is 0 Å². The van der Waals surface area contributed by atoms with E-state index in [1.807, 2.05) is 11.9 Å². The number of thioether (sulfide) groups is 1. The molecule has 1 unspecified atom stereocenters. The Morgan fingerprint density at radius 1 is 1.47 bits per heavy atom. The molecule has 0 aromatic heterocycles. The fourth-order valence-corrected chi connectivity index (χ4v) is 3.37. The molecule has 0 heterocycles. The van der Waals surface area contributed by atoms with Crippen LogP contribution in [0, 0.1) is 5.92 Å². The molecule has 1 fully saturated rings. The molecule has 1 aliphatic carbocycles. The van der Waals surface area contributed by atoms with E-state index in [9.17, 15) is 4.79 Å². The fourth-order valence-electron chi connectivity index (χ4n) is 1.95. The smallest absolute Gasteiger partial charge is 0.232 e. The molecule has 0 aliphatic heterocycles. The monoisotopic (exact) mass is 317 g/mol. The van der Waals surface area contributed by atoms with Crippen molar-refractivity contribution in [2.75, 3.05) is 12.8 Å². The molecule has 5 heteroatoms. The van der Waals surface area contributed by atoms with Gasteiger partial charge in [0, 0.05) is 23.0 Å². The van der Waals surface area contributed by atoms with E-state index in [4.69, 9.17) is 23.2 Å². The van der Waals surface area contributed by atoms with Gasteiger partial charge >= 0.3 is 0 Å². The number of carbonyl (C=O) groups is 1. The lowest BCUT2D eigenvalue weighted by Crippen LogP contribution is -2.37. The first kappa shape index (κ1) is 15.0. The van der Waals surface area contributed by atoms with E-state index in [2.05, 4.69) is 6.92 Å². The number of carbonyl (C=O) groups excluding carboxylic acids is 1. The molecule has 104 valence electrons. The van der Waals surface area contributed by atoms with Crippen molar-refractivity contribution in [3.8, 4) is 0 Å². The van der Waals surface area contributed by atoms with E-state index in [-0.39, 0.29) is 5.91 Å². The quantitative estimate of drug-likeness (QED) is 0.753. The van der Waals surface area contributed by atoms with Gasteiger partial charge in [0.05, 0.1) is 10.8 Å². The number of nitrogens with zero attached hydrogens (tertiary/aromatic N) is 1. The first-order valence-electron chi connectivity index (χ1n) is 6.32. The number of benzene rings is 1. The Hall–Kier alpha value is -0.380. The van der Waals surface area contributed by atoms with Crippen molar-refractivity contribution < 1.29 is 4.79 Å². The zero-order valence-electron chi connectivity index (χ0n) is 11.0. The molecule has 1 atom stereocenters. The third kappa shape index (κ3) is 4.04. The second-order valence-electron chi connectivity index (χ2n) is 4.95. The number of amides is 1. The molecular weight excluding hydrogens is 301 g/mol. The van der Waals surface area contributed by atoms with Crippen LogP contribution in [-0.4, -0.2) is 29.6 Å². The van der Waals surface area contributed by atoms with Gasteiger partial charge in [-0.05, 0) is 43.9 Å². The third-order valence-corrected chi connectivity index (χ3v) is 5.27. The average molecular weight is 318 g/mol. The molecule has 1 saturated carbocycles. The molecular formula is C14H17Cl2NOS. The van der Waals surface area contributed by atoms with Gasteiger partial charge in [-0.3, -0.25) is 4.79 Å². The summed E-state index contributed by atoms with van der Waals surface area (Å²) in [7, 11) is 1.88. The number of rotatable bonds is 5. The van der Waals surface area contributed by atoms with Crippen molar-refractivity contribution in [3.05, 3.63) is 28.2 Å². The van der Waals surface area contributed by atoms with Crippen LogP contribution in [0.25, 0.3) is 0 Å². The predicted octanol–water partition coefficient (Wildman–Crippen LogP) is 4.34. The van der Waals surface area contributed by atoms with E-state index < -0.39 is 0 Å². The SMILES string of the molecule is CC(C1CC1)N(C)C(=O)CSc1cc(Cl)ccc1Cl. The van der Waals surface area contributed by atoms with Crippen LogP contribution in [0.15, 0.2) is 23.1 Å². The first-order valence-corrected chi connectivity index (χ1v) is 8.06. The summed E-state index contributed by atoms with van der Waals surface area (Å²) in [5, 5.41) is 1.28. The van der Waals surface area contributed by atoms with Gasteiger partial charge in [-0.25, -0.2) is 0 Å². The van der Waals surface area contributed by atoms with Gasteiger partial charge in [0.15, 0.2) is 0 Å². The van der Waals surface area contributed by atoms with E-state index in [0.29, 0.717) is 27.8 Å². The van der Waals surface area contributed by atoms with E-state index >= 15 is 0 Å². The van der Waals surface area contributed by atoms with Crippen molar-refractivity contribution in [2.45, 2.75) is 30.7 Å². The number of hydrogen-bond acceptors (Lipinski definition) is 2. The fraction of sp³-hybridized carbons (Fsp3) is 0.500. The molecule has 0 N–H and O–H groups in total. The molecule has 0 bridgehead atoms. The normalized spacial score (nSPS) is 16.2. The summed E-state index contributed by atoms with van der Waals surface area (Å²) in [6, 6.07) is 5.64. The highest BCUT2D eigenvalue weighted by atomic mass is 35.5. The number of hydrogen-bond donors (Lipinski definition) is 0. The van der Waals surface area contributed by atoms with Crippen molar-refractivity contribution in [1.82, 2.24) is 4.90 Å². The van der Waals surface area contributed by atoms with E-state index in [1.165, 1.54) is 24.6 Å². The highest BCUT2D eigenvalue weighted by molar-refractivity contribution is 8.00. The summed E-state index contributed by atoms with van der Waals surface area (Å²) in [6.07, 6.45) is 2.48. The third-order valence-electron chi connectivity index (χ3n) is 3.55. The van der Waals surface area contributed by atoms with Crippen LogP contribution in [0.5, 0.6) is 0 Å². The maximum atomic E-state index is 12.1. The highest BCUT2D eigenvalue weighted by Crippen LogP contribution is 2.35. The lowest BCUT2D eigenvalue weighted by Gasteiger charge is -2.24. The Morgan fingerprint density at radius 2 is 2.16 bits per heavy atom.